The molecular weight excluding hydrogens is 328 g/mol. The number of nitrogens with one attached hydrogen (secondary N) is 1. The van der Waals surface area contributed by atoms with Crippen molar-refractivity contribution < 1.29 is 14.9 Å². The highest BCUT2D eigenvalue weighted by Crippen LogP contribution is 2.40. The first-order chi connectivity index (χ1) is 12.7. The zero-order valence-corrected chi connectivity index (χ0v) is 14.9. The van der Waals surface area contributed by atoms with Crippen molar-refractivity contribution in [2.45, 2.75) is 18.4 Å². The SMILES string of the molecule is Oc1cc2c(cc1O)C(C(CN1CCOCC1)c1ccccc1)NCC2. The molecule has 0 saturated carbocycles. The van der Waals surface area contributed by atoms with Crippen LogP contribution in [0.3, 0.4) is 0 Å². The summed E-state index contributed by atoms with van der Waals surface area (Å²) in [6.45, 7) is 5.27. The van der Waals surface area contributed by atoms with Gasteiger partial charge < -0.3 is 20.3 Å². The lowest BCUT2D eigenvalue weighted by molar-refractivity contribution is 0.0330. The minimum Gasteiger partial charge on any atom is -0.504 e. The molecule has 2 aromatic rings. The van der Waals surface area contributed by atoms with Crippen molar-refractivity contribution in [2.75, 3.05) is 39.4 Å². The van der Waals surface area contributed by atoms with E-state index >= 15 is 0 Å². The minimum atomic E-state index is -0.0457. The zero-order valence-electron chi connectivity index (χ0n) is 14.9. The molecule has 0 spiro atoms. The van der Waals surface area contributed by atoms with Gasteiger partial charge in [-0.2, -0.15) is 0 Å². The Labute approximate surface area is 154 Å². The largest absolute Gasteiger partial charge is 0.504 e. The maximum Gasteiger partial charge on any atom is 0.157 e. The van der Waals surface area contributed by atoms with Gasteiger partial charge in [0.2, 0.25) is 0 Å². The van der Waals surface area contributed by atoms with Crippen LogP contribution < -0.4 is 5.32 Å². The summed E-state index contributed by atoms with van der Waals surface area (Å²) in [6.07, 6.45) is 0.860. The summed E-state index contributed by atoms with van der Waals surface area (Å²) in [6, 6.07) is 14.1. The second kappa shape index (κ2) is 7.66. The van der Waals surface area contributed by atoms with Crippen molar-refractivity contribution in [3.63, 3.8) is 0 Å². The third-order valence-corrected chi connectivity index (χ3v) is 5.52. The van der Waals surface area contributed by atoms with Crippen LogP contribution in [-0.2, 0) is 11.2 Å². The van der Waals surface area contributed by atoms with Crippen molar-refractivity contribution in [1.82, 2.24) is 10.2 Å². The molecule has 26 heavy (non-hydrogen) atoms. The summed E-state index contributed by atoms with van der Waals surface area (Å²) in [5.41, 5.74) is 3.50. The molecule has 0 amide bonds. The van der Waals surface area contributed by atoms with Gasteiger partial charge in [-0.25, -0.2) is 0 Å². The molecule has 5 heteroatoms. The number of nitrogens with zero attached hydrogens (tertiary/aromatic N) is 1. The number of hydrogen-bond acceptors (Lipinski definition) is 5. The van der Waals surface area contributed by atoms with Crippen LogP contribution in [0.25, 0.3) is 0 Å². The van der Waals surface area contributed by atoms with E-state index < -0.39 is 0 Å². The Morgan fingerprint density at radius 2 is 1.81 bits per heavy atom. The van der Waals surface area contributed by atoms with Crippen molar-refractivity contribution in [1.29, 1.82) is 0 Å². The number of phenols is 2. The molecule has 2 atom stereocenters. The first kappa shape index (κ1) is 17.3. The Morgan fingerprint density at radius 3 is 2.58 bits per heavy atom. The highest BCUT2D eigenvalue weighted by molar-refractivity contribution is 5.48. The van der Waals surface area contributed by atoms with E-state index in [1.54, 1.807) is 12.1 Å². The third-order valence-electron chi connectivity index (χ3n) is 5.52. The minimum absolute atomic E-state index is 0.0335. The monoisotopic (exact) mass is 354 g/mol. The standard InChI is InChI=1S/C21H26N2O3/c24-19-12-16-6-7-22-21(17(16)13-20(19)25)18(15-4-2-1-3-5-15)14-23-8-10-26-11-9-23/h1-5,12-13,18,21-22,24-25H,6-11,14H2. The number of hydrogen-bond donors (Lipinski definition) is 3. The van der Waals surface area contributed by atoms with Crippen LogP contribution in [0.15, 0.2) is 42.5 Å². The molecule has 2 aromatic carbocycles. The number of rotatable bonds is 4. The number of ether oxygens (including phenoxy) is 1. The highest BCUT2D eigenvalue weighted by atomic mass is 16.5. The third kappa shape index (κ3) is 3.56. The first-order valence-corrected chi connectivity index (χ1v) is 9.35. The normalized spacial score (nSPS) is 21.9. The molecule has 0 aromatic heterocycles. The summed E-state index contributed by atoms with van der Waals surface area (Å²) >= 11 is 0. The molecule has 2 aliphatic heterocycles. The van der Waals surface area contributed by atoms with Crippen molar-refractivity contribution in [3.05, 3.63) is 59.2 Å². The summed E-state index contributed by atoms with van der Waals surface area (Å²) < 4.78 is 5.50. The fraction of sp³-hybridized carbons (Fsp3) is 0.429. The first-order valence-electron chi connectivity index (χ1n) is 9.35. The predicted octanol–water partition coefficient (Wildman–Crippen LogP) is 2.40. The fourth-order valence-corrected chi connectivity index (χ4v) is 4.14. The number of benzene rings is 2. The molecule has 2 aliphatic rings. The van der Waals surface area contributed by atoms with Gasteiger partial charge in [0.25, 0.3) is 0 Å². The van der Waals surface area contributed by atoms with E-state index in [9.17, 15) is 10.2 Å². The maximum atomic E-state index is 10.1. The number of phenolic OH excluding ortho intramolecular Hbond substituents is 2. The van der Waals surface area contributed by atoms with E-state index in [-0.39, 0.29) is 23.5 Å². The summed E-state index contributed by atoms with van der Waals surface area (Å²) in [4.78, 5) is 2.46. The summed E-state index contributed by atoms with van der Waals surface area (Å²) in [7, 11) is 0. The second-order valence-corrected chi connectivity index (χ2v) is 7.15. The van der Waals surface area contributed by atoms with E-state index in [0.717, 1.165) is 56.9 Å². The average molecular weight is 354 g/mol. The maximum absolute atomic E-state index is 10.1. The Bertz CT molecular complexity index is 744. The molecule has 3 N–H and O–H groups in total. The molecule has 2 heterocycles. The Kier molecular flexibility index (Phi) is 5.11. The van der Waals surface area contributed by atoms with Gasteiger partial charge in [0.15, 0.2) is 11.5 Å². The molecule has 0 bridgehead atoms. The Hall–Kier alpha value is -2.08. The van der Waals surface area contributed by atoms with Crippen molar-refractivity contribution in [2.24, 2.45) is 0 Å². The van der Waals surface area contributed by atoms with E-state index in [1.807, 2.05) is 6.07 Å². The van der Waals surface area contributed by atoms with Crippen LogP contribution in [-0.4, -0.2) is 54.5 Å². The smallest absolute Gasteiger partial charge is 0.157 e. The molecule has 5 nitrogen and oxygen atoms in total. The Morgan fingerprint density at radius 1 is 1.08 bits per heavy atom. The number of aromatic hydroxyl groups is 2. The van der Waals surface area contributed by atoms with Gasteiger partial charge in [-0.05, 0) is 41.8 Å². The molecule has 4 rings (SSSR count). The van der Waals surface area contributed by atoms with Gasteiger partial charge in [-0.15, -0.1) is 0 Å². The molecular formula is C21H26N2O3. The van der Waals surface area contributed by atoms with Gasteiger partial charge in [0.1, 0.15) is 0 Å². The van der Waals surface area contributed by atoms with Crippen molar-refractivity contribution in [3.8, 4) is 11.5 Å². The topological polar surface area (TPSA) is 65.0 Å². The lowest BCUT2D eigenvalue weighted by Crippen LogP contribution is -2.43. The van der Waals surface area contributed by atoms with Crippen LogP contribution in [0.5, 0.6) is 11.5 Å². The average Bonchev–Trinajstić information content (AvgIpc) is 2.68. The summed E-state index contributed by atoms with van der Waals surface area (Å²) in [5.74, 6) is 0.182. The molecule has 138 valence electrons. The highest BCUT2D eigenvalue weighted by Gasteiger charge is 2.31. The van der Waals surface area contributed by atoms with E-state index in [4.69, 9.17) is 4.74 Å². The summed E-state index contributed by atoms with van der Waals surface area (Å²) in [5, 5.41) is 23.6. The van der Waals surface area contributed by atoms with E-state index in [0.29, 0.717) is 0 Å². The van der Waals surface area contributed by atoms with Gasteiger partial charge in [0, 0.05) is 31.6 Å². The molecule has 1 saturated heterocycles. The lowest BCUT2D eigenvalue weighted by Gasteiger charge is -2.38. The van der Waals surface area contributed by atoms with Crippen molar-refractivity contribution >= 4 is 0 Å². The van der Waals surface area contributed by atoms with Gasteiger partial charge in [-0.1, -0.05) is 30.3 Å². The van der Waals surface area contributed by atoms with Crippen LogP contribution in [0.1, 0.15) is 28.7 Å². The number of morpholine rings is 1. The number of fused-ring (bicyclic) bond motifs is 1. The fourth-order valence-electron chi connectivity index (χ4n) is 4.14. The van der Waals surface area contributed by atoms with E-state index in [2.05, 4.69) is 34.5 Å². The van der Waals surface area contributed by atoms with Crippen LogP contribution in [0.4, 0.5) is 0 Å². The Balaban J connectivity index is 1.69. The van der Waals surface area contributed by atoms with Gasteiger partial charge in [-0.3, -0.25) is 4.90 Å². The quantitative estimate of drug-likeness (QED) is 0.736. The van der Waals surface area contributed by atoms with Crippen LogP contribution >= 0.6 is 0 Å². The molecule has 0 radical (unpaired) electrons. The second-order valence-electron chi connectivity index (χ2n) is 7.15. The molecule has 2 unspecified atom stereocenters. The van der Waals surface area contributed by atoms with Gasteiger partial charge in [0.05, 0.1) is 13.2 Å². The van der Waals surface area contributed by atoms with Crippen LogP contribution in [0.2, 0.25) is 0 Å². The van der Waals surface area contributed by atoms with E-state index in [1.165, 1.54) is 5.56 Å². The zero-order chi connectivity index (χ0) is 17.9. The lowest BCUT2D eigenvalue weighted by atomic mass is 9.81. The molecule has 0 aliphatic carbocycles. The van der Waals surface area contributed by atoms with Gasteiger partial charge >= 0.3 is 0 Å². The molecule has 1 fully saturated rings. The predicted molar refractivity (Wildman–Crippen MR) is 101 cm³/mol. The van der Waals surface area contributed by atoms with Crippen LogP contribution in [0, 0.1) is 0 Å².